The van der Waals surface area contributed by atoms with Crippen molar-refractivity contribution in [2.75, 3.05) is 6.54 Å². The molecule has 0 saturated heterocycles. The van der Waals surface area contributed by atoms with E-state index in [1.807, 2.05) is 18.2 Å². The summed E-state index contributed by atoms with van der Waals surface area (Å²) in [7, 11) is 0. The summed E-state index contributed by atoms with van der Waals surface area (Å²) in [4.78, 5) is 12.0. The van der Waals surface area contributed by atoms with E-state index in [1.54, 1.807) is 0 Å². The van der Waals surface area contributed by atoms with Crippen LogP contribution >= 0.6 is 12.4 Å². The number of nitrogens with two attached hydrogens (primary N) is 1. The van der Waals surface area contributed by atoms with Crippen LogP contribution in [0.1, 0.15) is 44.1 Å². The van der Waals surface area contributed by atoms with Gasteiger partial charge < -0.3 is 11.1 Å². The molecule has 20 heavy (non-hydrogen) atoms. The van der Waals surface area contributed by atoms with E-state index in [0.717, 1.165) is 25.7 Å². The molecule has 1 aliphatic carbocycles. The Balaban J connectivity index is 0.00000200. The minimum absolute atomic E-state index is 0. The average molecular weight is 297 g/mol. The third-order valence-electron chi connectivity index (χ3n) is 4.07. The zero-order valence-electron chi connectivity index (χ0n) is 11.9. The lowest BCUT2D eigenvalue weighted by Crippen LogP contribution is -2.51. The van der Waals surface area contributed by atoms with Gasteiger partial charge in [0.05, 0.1) is 5.54 Å². The van der Waals surface area contributed by atoms with E-state index >= 15 is 0 Å². The lowest BCUT2D eigenvalue weighted by Gasteiger charge is -2.28. The van der Waals surface area contributed by atoms with E-state index < -0.39 is 0 Å². The summed E-state index contributed by atoms with van der Waals surface area (Å²) in [6, 6.07) is 10.3. The molecule has 0 heterocycles. The van der Waals surface area contributed by atoms with Crippen molar-refractivity contribution in [2.45, 2.75) is 50.5 Å². The summed E-state index contributed by atoms with van der Waals surface area (Å²) in [5.41, 5.74) is 7.01. The average Bonchev–Trinajstić information content (AvgIpc) is 2.89. The van der Waals surface area contributed by atoms with Crippen LogP contribution in [-0.4, -0.2) is 18.0 Å². The fourth-order valence-corrected chi connectivity index (χ4v) is 2.89. The number of aryl methyl sites for hydroxylation is 1. The van der Waals surface area contributed by atoms with E-state index in [2.05, 4.69) is 17.4 Å². The van der Waals surface area contributed by atoms with Gasteiger partial charge in [0.1, 0.15) is 0 Å². The Hall–Kier alpha value is -1.06. The largest absolute Gasteiger partial charge is 0.349 e. The second-order valence-electron chi connectivity index (χ2n) is 5.58. The monoisotopic (exact) mass is 296 g/mol. The molecule has 4 heteroatoms. The molecule has 112 valence electrons. The van der Waals surface area contributed by atoms with Crippen molar-refractivity contribution in [3.05, 3.63) is 35.9 Å². The maximum Gasteiger partial charge on any atom is 0.220 e. The van der Waals surface area contributed by atoms with Gasteiger partial charge in [0.25, 0.3) is 0 Å². The van der Waals surface area contributed by atoms with E-state index in [9.17, 15) is 4.79 Å². The van der Waals surface area contributed by atoms with Crippen LogP contribution in [0.5, 0.6) is 0 Å². The molecular weight excluding hydrogens is 272 g/mol. The molecule has 1 amide bonds. The first-order valence-electron chi connectivity index (χ1n) is 7.29. The van der Waals surface area contributed by atoms with Crippen LogP contribution in [0, 0.1) is 0 Å². The number of hydrogen-bond donors (Lipinski definition) is 2. The maximum absolute atomic E-state index is 12.0. The normalized spacial score (nSPS) is 16.4. The van der Waals surface area contributed by atoms with E-state index in [0.29, 0.717) is 13.0 Å². The highest BCUT2D eigenvalue weighted by Gasteiger charge is 2.33. The number of carbonyl (C=O) groups excluding carboxylic acids is 1. The maximum atomic E-state index is 12.0. The fraction of sp³-hybridized carbons (Fsp3) is 0.562. The van der Waals surface area contributed by atoms with Crippen molar-refractivity contribution in [2.24, 2.45) is 5.73 Å². The minimum atomic E-state index is -0.107. The topological polar surface area (TPSA) is 55.1 Å². The third-order valence-corrected chi connectivity index (χ3v) is 4.07. The number of rotatable bonds is 6. The Kier molecular flexibility index (Phi) is 7.03. The van der Waals surface area contributed by atoms with Crippen molar-refractivity contribution in [3.8, 4) is 0 Å². The van der Waals surface area contributed by atoms with Crippen LogP contribution in [0.2, 0.25) is 0 Å². The molecule has 3 nitrogen and oxygen atoms in total. The van der Waals surface area contributed by atoms with Gasteiger partial charge in [0, 0.05) is 13.0 Å². The highest BCUT2D eigenvalue weighted by Crippen LogP contribution is 2.28. The summed E-state index contributed by atoms with van der Waals surface area (Å²) < 4.78 is 0. The summed E-state index contributed by atoms with van der Waals surface area (Å²) >= 11 is 0. The molecule has 0 aromatic heterocycles. The van der Waals surface area contributed by atoms with Crippen LogP contribution in [0.15, 0.2) is 30.3 Å². The molecule has 0 bridgehead atoms. The van der Waals surface area contributed by atoms with Crippen molar-refractivity contribution >= 4 is 18.3 Å². The number of halogens is 1. The van der Waals surface area contributed by atoms with Gasteiger partial charge in [-0.3, -0.25) is 4.79 Å². The predicted molar refractivity (Wildman–Crippen MR) is 85.0 cm³/mol. The SMILES string of the molecule is Cl.NCC1(NC(=O)CCCc2ccccc2)CCCC1. The first kappa shape index (κ1) is 17.0. The third kappa shape index (κ3) is 4.80. The number of hydrogen-bond acceptors (Lipinski definition) is 2. The molecule has 1 fully saturated rings. The molecule has 2 rings (SSSR count). The Morgan fingerprint density at radius 3 is 2.45 bits per heavy atom. The quantitative estimate of drug-likeness (QED) is 0.848. The molecule has 1 aromatic rings. The Labute approximate surface area is 127 Å². The van der Waals surface area contributed by atoms with Crippen LogP contribution in [0.4, 0.5) is 0 Å². The predicted octanol–water partition coefficient (Wildman–Crippen LogP) is 2.82. The minimum Gasteiger partial charge on any atom is -0.349 e. The second-order valence-corrected chi connectivity index (χ2v) is 5.58. The summed E-state index contributed by atoms with van der Waals surface area (Å²) in [5.74, 6) is 0.156. The number of carbonyl (C=O) groups is 1. The zero-order valence-corrected chi connectivity index (χ0v) is 12.8. The summed E-state index contributed by atoms with van der Waals surface area (Å²) in [6.45, 7) is 0.567. The molecule has 0 atom stereocenters. The van der Waals surface area contributed by atoms with Crippen LogP contribution in [0.25, 0.3) is 0 Å². The van der Waals surface area contributed by atoms with Crippen LogP contribution in [0.3, 0.4) is 0 Å². The van der Waals surface area contributed by atoms with E-state index in [4.69, 9.17) is 5.73 Å². The highest BCUT2D eigenvalue weighted by molar-refractivity contribution is 5.85. The van der Waals surface area contributed by atoms with Crippen LogP contribution < -0.4 is 11.1 Å². The zero-order chi connectivity index (χ0) is 13.6. The Morgan fingerprint density at radius 2 is 1.85 bits per heavy atom. The summed E-state index contributed by atoms with van der Waals surface area (Å²) in [6.07, 6.45) is 6.89. The molecule has 0 spiro atoms. The fourth-order valence-electron chi connectivity index (χ4n) is 2.89. The van der Waals surface area contributed by atoms with Gasteiger partial charge in [0.15, 0.2) is 0 Å². The first-order chi connectivity index (χ1) is 9.24. The van der Waals surface area contributed by atoms with Crippen molar-refractivity contribution < 1.29 is 4.79 Å². The molecule has 0 unspecified atom stereocenters. The van der Waals surface area contributed by atoms with E-state index in [1.165, 1.54) is 18.4 Å². The Morgan fingerprint density at radius 1 is 1.20 bits per heavy atom. The van der Waals surface area contributed by atoms with Gasteiger partial charge in [-0.15, -0.1) is 12.4 Å². The molecule has 1 saturated carbocycles. The van der Waals surface area contributed by atoms with Crippen molar-refractivity contribution in [1.82, 2.24) is 5.32 Å². The van der Waals surface area contributed by atoms with Gasteiger partial charge in [-0.05, 0) is 31.2 Å². The van der Waals surface area contributed by atoms with Crippen LogP contribution in [-0.2, 0) is 11.2 Å². The molecule has 1 aromatic carbocycles. The van der Waals surface area contributed by atoms with Gasteiger partial charge >= 0.3 is 0 Å². The molecule has 0 radical (unpaired) electrons. The Bertz CT molecular complexity index is 402. The van der Waals surface area contributed by atoms with Crippen molar-refractivity contribution in [3.63, 3.8) is 0 Å². The van der Waals surface area contributed by atoms with Gasteiger partial charge in [-0.2, -0.15) is 0 Å². The van der Waals surface area contributed by atoms with Crippen molar-refractivity contribution in [1.29, 1.82) is 0 Å². The number of amides is 1. The molecule has 3 N–H and O–H groups in total. The second kappa shape index (κ2) is 8.28. The van der Waals surface area contributed by atoms with Gasteiger partial charge in [-0.1, -0.05) is 43.2 Å². The lowest BCUT2D eigenvalue weighted by atomic mass is 9.97. The molecular formula is C16H25ClN2O. The molecule has 0 aliphatic heterocycles. The first-order valence-corrected chi connectivity index (χ1v) is 7.29. The number of benzene rings is 1. The van der Waals surface area contributed by atoms with Gasteiger partial charge in [0.2, 0.25) is 5.91 Å². The molecule has 1 aliphatic rings. The smallest absolute Gasteiger partial charge is 0.220 e. The van der Waals surface area contributed by atoms with Gasteiger partial charge in [-0.25, -0.2) is 0 Å². The summed E-state index contributed by atoms with van der Waals surface area (Å²) in [5, 5.41) is 3.16. The van der Waals surface area contributed by atoms with E-state index in [-0.39, 0.29) is 23.9 Å². The highest BCUT2D eigenvalue weighted by atomic mass is 35.5. The lowest BCUT2D eigenvalue weighted by molar-refractivity contribution is -0.123. The number of nitrogens with one attached hydrogen (secondary N) is 1. The standard InChI is InChI=1S/C16H24N2O.ClH/c17-13-16(11-4-5-12-16)18-15(19)10-6-9-14-7-2-1-3-8-14;/h1-3,7-8H,4-6,9-13,17H2,(H,18,19);1H.